The molecule has 0 aliphatic carbocycles. The molecule has 102 valence electrons. The highest BCUT2D eigenvalue weighted by Crippen LogP contribution is 2.25. The van der Waals surface area contributed by atoms with Crippen LogP contribution in [0.3, 0.4) is 0 Å². The molecule has 1 aliphatic rings. The molecule has 1 atom stereocenters. The number of non-ortho nitro benzene ring substituents is 1. The molecule has 0 aromatic heterocycles. The van der Waals surface area contributed by atoms with Gasteiger partial charge in [0.05, 0.1) is 11.0 Å². The molecule has 19 heavy (non-hydrogen) atoms. The predicted molar refractivity (Wildman–Crippen MR) is 64.5 cm³/mol. The Morgan fingerprint density at radius 3 is 2.95 bits per heavy atom. The first kappa shape index (κ1) is 13.3. The van der Waals surface area contributed by atoms with E-state index in [4.69, 9.17) is 14.6 Å². The van der Waals surface area contributed by atoms with Gasteiger partial charge in [-0.2, -0.15) is 0 Å². The Labute approximate surface area is 108 Å². The molecule has 0 amide bonds. The molecular weight excluding hydrogens is 254 g/mol. The number of rotatable bonds is 5. The minimum Gasteiger partial charge on any atom is -0.490 e. The number of carboxylic acids is 1. The molecule has 1 fully saturated rings. The van der Waals surface area contributed by atoms with Crippen molar-refractivity contribution in [2.75, 3.05) is 13.2 Å². The quantitative estimate of drug-likeness (QED) is 0.645. The van der Waals surface area contributed by atoms with Gasteiger partial charge in [-0.3, -0.25) is 10.1 Å². The average Bonchev–Trinajstić information content (AvgIpc) is 2.89. The number of nitrogens with zero attached hydrogens (tertiary/aromatic N) is 1. The van der Waals surface area contributed by atoms with Crippen LogP contribution in [0.25, 0.3) is 0 Å². The van der Waals surface area contributed by atoms with Gasteiger partial charge in [-0.15, -0.1) is 0 Å². The van der Waals surface area contributed by atoms with Crippen LogP contribution in [0.2, 0.25) is 0 Å². The fourth-order valence-corrected chi connectivity index (χ4v) is 1.88. The smallest absolute Gasteiger partial charge is 0.339 e. The van der Waals surface area contributed by atoms with Crippen LogP contribution in [0.5, 0.6) is 5.75 Å². The summed E-state index contributed by atoms with van der Waals surface area (Å²) in [5.41, 5.74) is -0.492. The first-order valence-electron chi connectivity index (χ1n) is 5.84. The van der Waals surface area contributed by atoms with Crippen LogP contribution in [0.4, 0.5) is 5.69 Å². The largest absolute Gasteiger partial charge is 0.490 e. The maximum atomic E-state index is 11.1. The summed E-state index contributed by atoms with van der Waals surface area (Å²) >= 11 is 0. The lowest BCUT2D eigenvalue weighted by Gasteiger charge is -2.12. The lowest BCUT2D eigenvalue weighted by molar-refractivity contribution is -0.384. The van der Waals surface area contributed by atoms with Crippen molar-refractivity contribution in [3.8, 4) is 5.75 Å². The van der Waals surface area contributed by atoms with Gasteiger partial charge in [0, 0.05) is 18.7 Å². The molecule has 1 saturated heterocycles. The summed E-state index contributed by atoms with van der Waals surface area (Å²) in [6.45, 7) is 0.929. The van der Waals surface area contributed by atoms with E-state index >= 15 is 0 Å². The standard InChI is InChI=1S/C12H13NO6/c14-12(15)10-6-8(13(16)17)3-4-11(10)19-7-9-2-1-5-18-9/h3-4,6,9H,1-2,5,7H2,(H,14,15). The summed E-state index contributed by atoms with van der Waals surface area (Å²) in [7, 11) is 0. The molecule has 1 unspecified atom stereocenters. The Hall–Kier alpha value is -2.15. The van der Waals surface area contributed by atoms with E-state index in [-0.39, 0.29) is 29.7 Å². The molecule has 0 radical (unpaired) electrons. The highest BCUT2D eigenvalue weighted by Gasteiger charge is 2.20. The van der Waals surface area contributed by atoms with Gasteiger partial charge >= 0.3 is 5.97 Å². The number of carboxylic acid groups (broad SMARTS) is 1. The number of hydrogen-bond acceptors (Lipinski definition) is 5. The van der Waals surface area contributed by atoms with E-state index in [1.165, 1.54) is 12.1 Å². The van der Waals surface area contributed by atoms with Crippen molar-refractivity contribution in [3.63, 3.8) is 0 Å². The number of benzene rings is 1. The molecule has 1 N–H and O–H groups in total. The third kappa shape index (κ3) is 3.19. The predicted octanol–water partition coefficient (Wildman–Crippen LogP) is 1.85. The molecule has 0 spiro atoms. The highest BCUT2D eigenvalue weighted by atomic mass is 16.6. The first-order valence-corrected chi connectivity index (χ1v) is 5.84. The molecule has 0 saturated carbocycles. The van der Waals surface area contributed by atoms with Gasteiger partial charge in [-0.1, -0.05) is 0 Å². The van der Waals surface area contributed by atoms with Crippen molar-refractivity contribution in [3.05, 3.63) is 33.9 Å². The van der Waals surface area contributed by atoms with Crippen LogP contribution in [0.1, 0.15) is 23.2 Å². The van der Waals surface area contributed by atoms with Gasteiger partial charge in [-0.25, -0.2) is 4.79 Å². The summed E-state index contributed by atoms with van der Waals surface area (Å²) in [5.74, 6) is -1.14. The molecule has 0 bridgehead atoms. The van der Waals surface area contributed by atoms with E-state index in [9.17, 15) is 14.9 Å². The van der Waals surface area contributed by atoms with Crippen LogP contribution in [0, 0.1) is 10.1 Å². The molecule has 1 heterocycles. The normalized spacial score (nSPS) is 18.2. The zero-order valence-corrected chi connectivity index (χ0v) is 10.1. The summed E-state index contributed by atoms with van der Waals surface area (Å²) < 4.78 is 10.7. The molecule has 1 aromatic rings. The van der Waals surface area contributed by atoms with E-state index in [0.717, 1.165) is 18.9 Å². The van der Waals surface area contributed by atoms with Crippen LogP contribution in [-0.2, 0) is 4.74 Å². The Balaban J connectivity index is 2.14. The molecule has 7 heteroatoms. The second-order valence-corrected chi connectivity index (χ2v) is 4.19. The number of ether oxygens (including phenoxy) is 2. The minimum absolute atomic E-state index is 0.0446. The maximum Gasteiger partial charge on any atom is 0.339 e. The van der Waals surface area contributed by atoms with Crippen molar-refractivity contribution >= 4 is 11.7 Å². The zero-order chi connectivity index (χ0) is 13.8. The van der Waals surface area contributed by atoms with Gasteiger partial charge in [0.1, 0.15) is 17.9 Å². The van der Waals surface area contributed by atoms with E-state index in [1.807, 2.05) is 0 Å². The number of nitro groups is 1. The lowest BCUT2D eigenvalue weighted by Crippen LogP contribution is -2.17. The van der Waals surface area contributed by atoms with Crippen LogP contribution >= 0.6 is 0 Å². The number of hydrogen-bond donors (Lipinski definition) is 1. The summed E-state index contributed by atoms with van der Waals surface area (Å²) in [6.07, 6.45) is 1.78. The zero-order valence-electron chi connectivity index (χ0n) is 10.1. The second-order valence-electron chi connectivity index (χ2n) is 4.19. The van der Waals surface area contributed by atoms with Crippen molar-refractivity contribution in [1.82, 2.24) is 0 Å². The van der Waals surface area contributed by atoms with E-state index in [0.29, 0.717) is 6.61 Å². The van der Waals surface area contributed by atoms with Gasteiger partial charge in [0.25, 0.3) is 5.69 Å². The van der Waals surface area contributed by atoms with Crippen LogP contribution < -0.4 is 4.74 Å². The van der Waals surface area contributed by atoms with E-state index < -0.39 is 10.9 Å². The minimum atomic E-state index is -1.26. The number of nitro benzene ring substituents is 1. The average molecular weight is 267 g/mol. The van der Waals surface area contributed by atoms with Gasteiger partial charge in [0.15, 0.2) is 0 Å². The molecule has 1 aromatic carbocycles. The summed E-state index contributed by atoms with van der Waals surface area (Å²) in [5, 5.41) is 19.6. The number of aromatic carboxylic acids is 1. The first-order chi connectivity index (χ1) is 9.08. The fraction of sp³-hybridized carbons (Fsp3) is 0.417. The van der Waals surface area contributed by atoms with Gasteiger partial charge in [0.2, 0.25) is 0 Å². The van der Waals surface area contributed by atoms with Crippen molar-refractivity contribution in [1.29, 1.82) is 0 Å². The Morgan fingerprint density at radius 1 is 1.58 bits per heavy atom. The third-order valence-corrected chi connectivity index (χ3v) is 2.85. The number of carbonyl (C=O) groups is 1. The molecular formula is C12H13NO6. The monoisotopic (exact) mass is 267 g/mol. The Bertz CT molecular complexity index is 495. The Morgan fingerprint density at radius 2 is 2.37 bits per heavy atom. The maximum absolute atomic E-state index is 11.1. The molecule has 1 aliphatic heterocycles. The van der Waals surface area contributed by atoms with Crippen molar-refractivity contribution in [2.24, 2.45) is 0 Å². The fourth-order valence-electron chi connectivity index (χ4n) is 1.88. The summed E-state index contributed by atoms with van der Waals surface area (Å²) in [6, 6.07) is 3.51. The SMILES string of the molecule is O=C(O)c1cc([N+](=O)[O-])ccc1OCC1CCCO1. The van der Waals surface area contributed by atoms with Gasteiger partial charge in [-0.05, 0) is 18.9 Å². The van der Waals surface area contributed by atoms with Crippen LogP contribution in [-0.4, -0.2) is 35.3 Å². The Kier molecular flexibility index (Phi) is 3.96. The molecule has 2 rings (SSSR count). The topological polar surface area (TPSA) is 98.9 Å². The van der Waals surface area contributed by atoms with Crippen molar-refractivity contribution in [2.45, 2.75) is 18.9 Å². The third-order valence-electron chi connectivity index (χ3n) is 2.85. The summed E-state index contributed by atoms with van der Waals surface area (Å²) in [4.78, 5) is 21.0. The van der Waals surface area contributed by atoms with E-state index in [1.54, 1.807) is 0 Å². The van der Waals surface area contributed by atoms with Gasteiger partial charge < -0.3 is 14.6 Å². The molecule has 7 nitrogen and oxygen atoms in total. The van der Waals surface area contributed by atoms with E-state index in [2.05, 4.69) is 0 Å². The second kappa shape index (κ2) is 5.66. The van der Waals surface area contributed by atoms with Crippen molar-refractivity contribution < 1.29 is 24.3 Å². The highest BCUT2D eigenvalue weighted by molar-refractivity contribution is 5.91. The lowest BCUT2D eigenvalue weighted by atomic mass is 10.2. The van der Waals surface area contributed by atoms with Crippen LogP contribution in [0.15, 0.2) is 18.2 Å².